The number of nitrogens with two attached hydrogens (primary N) is 1. The van der Waals surface area contributed by atoms with E-state index < -0.39 is 0 Å². The Morgan fingerprint density at radius 1 is 1.15 bits per heavy atom. The highest BCUT2D eigenvalue weighted by Gasteiger charge is 2.27. The van der Waals surface area contributed by atoms with E-state index in [1.54, 1.807) is 7.11 Å². The smallest absolute Gasteiger partial charge is 0.119 e. The zero-order valence-corrected chi connectivity index (χ0v) is 12.4. The van der Waals surface area contributed by atoms with E-state index in [1.807, 2.05) is 23.9 Å². The van der Waals surface area contributed by atoms with E-state index >= 15 is 0 Å². The van der Waals surface area contributed by atoms with Gasteiger partial charge in [-0.05, 0) is 48.2 Å². The number of hydrogen-bond donors (Lipinski definition) is 1. The summed E-state index contributed by atoms with van der Waals surface area (Å²) in [6, 6.07) is 16.8. The van der Waals surface area contributed by atoms with Crippen molar-refractivity contribution in [2.45, 2.75) is 29.0 Å². The lowest BCUT2D eigenvalue weighted by Gasteiger charge is -2.31. The molecular formula is C17H19NOS. The van der Waals surface area contributed by atoms with Crippen molar-refractivity contribution < 1.29 is 4.74 Å². The van der Waals surface area contributed by atoms with E-state index in [1.165, 1.54) is 16.0 Å². The molecule has 2 nitrogen and oxygen atoms in total. The van der Waals surface area contributed by atoms with E-state index in [0.29, 0.717) is 5.25 Å². The van der Waals surface area contributed by atoms with Crippen LogP contribution in [0.15, 0.2) is 53.4 Å². The summed E-state index contributed by atoms with van der Waals surface area (Å²) in [7, 11) is 1.70. The molecule has 0 saturated heterocycles. The molecule has 20 heavy (non-hydrogen) atoms. The first kappa shape index (κ1) is 13.5. The zero-order chi connectivity index (χ0) is 13.9. The Labute approximate surface area is 124 Å². The fraction of sp³-hybridized carbons (Fsp3) is 0.294. The monoisotopic (exact) mass is 285 g/mol. The number of benzene rings is 2. The van der Waals surface area contributed by atoms with E-state index in [4.69, 9.17) is 10.5 Å². The molecule has 0 amide bonds. The van der Waals surface area contributed by atoms with Crippen molar-refractivity contribution in [3.05, 3.63) is 59.7 Å². The SMILES string of the molecule is COc1ccc2c(c1)C(N)C(Sc1ccccc1)CC2. The number of hydrogen-bond acceptors (Lipinski definition) is 3. The first-order valence-corrected chi connectivity index (χ1v) is 7.80. The predicted octanol–water partition coefficient (Wildman–Crippen LogP) is 3.80. The Bertz CT molecular complexity index is 585. The van der Waals surface area contributed by atoms with Crippen LogP contribution >= 0.6 is 11.8 Å². The van der Waals surface area contributed by atoms with Gasteiger partial charge in [-0.1, -0.05) is 24.3 Å². The molecule has 3 heteroatoms. The normalized spacial score (nSPS) is 21.3. The van der Waals surface area contributed by atoms with E-state index in [9.17, 15) is 0 Å². The number of fused-ring (bicyclic) bond motifs is 1. The van der Waals surface area contributed by atoms with Crippen molar-refractivity contribution in [2.24, 2.45) is 5.73 Å². The second-order valence-corrected chi connectivity index (χ2v) is 6.41. The van der Waals surface area contributed by atoms with Crippen molar-refractivity contribution in [3.8, 4) is 5.75 Å². The molecule has 2 aromatic rings. The van der Waals surface area contributed by atoms with Gasteiger partial charge in [-0.2, -0.15) is 0 Å². The maximum atomic E-state index is 6.49. The molecule has 104 valence electrons. The van der Waals surface area contributed by atoms with Gasteiger partial charge in [-0.3, -0.25) is 0 Å². The Kier molecular flexibility index (Phi) is 3.99. The molecule has 0 heterocycles. The van der Waals surface area contributed by atoms with Gasteiger partial charge >= 0.3 is 0 Å². The second-order valence-electron chi connectivity index (χ2n) is 5.10. The third-order valence-electron chi connectivity index (χ3n) is 3.84. The second kappa shape index (κ2) is 5.90. The quantitative estimate of drug-likeness (QED) is 0.931. The molecule has 0 saturated carbocycles. The fourth-order valence-electron chi connectivity index (χ4n) is 2.72. The van der Waals surface area contributed by atoms with Crippen LogP contribution in [0.1, 0.15) is 23.6 Å². The maximum Gasteiger partial charge on any atom is 0.119 e. The molecule has 1 aliphatic rings. The van der Waals surface area contributed by atoms with Crippen molar-refractivity contribution in [2.75, 3.05) is 7.11 Å². The molecule has 0 aromatic heterocycles. The summed E-state index contributed by atoms with van der Waals surface area (Å²) in [6.45, 7) is 0. The lowest BCUT2D eigenvalue weighted by Crippen LogP contribution is -2.29. The molecule has 2 N–H and O–H groups in total. The summed E-state index contributed by atoms with van der Waals surface area (Å²) in [5.74, 6) is 0.893. The average molecular weight is 285 g/mol. The van der Waals surface area contributed by atoms with Crippen LogP contribution < -0.4 is 10.5 Å². The topological polar surface area (TPSA) is 35.2 Å². The van der Waals surface area contributed by atoms with Gasteiger partial charge in [0.25, 0.3) is 0 Å². The summed E-state index contributed by atoms with van der Waals surface area (Å²) < 4.78 is 5.32. The summed E-state index contributed by atoms with van der Waals surface area (Å²) >= 11 is 1.88. The molecule has 3 rings (SSSR count). The fourth-order valence-corrected chi connectivity index (χ4v) is 3.91. The van der Waals surface area contributed by atoms with Crippen molar-refractivity contribution >= 4 is 11.8 Å². The first-order valence-electron chi connectivity index (χ1n) is 6.92. The summed E-state index contributed by atoms with van der Waals surface area (Å²) in [6.07, 6.45) is 2.22. The van der Waals surface area contributed by atoms with E-state index in [0.717, 1.165) is 18.6 Å². The van der Waals surface area contributed by atoms with Gasteiger partial charge in [0.2, 0.25) is 0 Å². The summed E-state index contributed by atoms with van der Waals surface area (Å²) in [4.78, 5) is 1.29. The molecule has 0 aliphatic heterocycles. The van der Waals surface area contributed by atoms with Crippen LogP contribution in [0.5, 0.6) is 5.75 Å². The minimum Gasteiger partial charge on any atom is -0.497 e. The largest absolute Gasteiger partial charge is 0.497 e. The molecule has 2 aromatic carbocycles. The number of methoxy groups -OCH3 is 1. The van der Waals surface area contributed by atoms with Gasteiger partial charge in [0.1, 0.15) is 5.75 Å². The average Bonchev–Trinajstić information content (AvgIpc) is 2.51. The Hall–Kier alpha value is -1.45. The van der Waals surface area contributed by atoms with Crippen LogP contribution in [0.3, 0.4) is 0 Å². The maximum absolute atomic E-state index is 6.49. The van der Waals surface area contributed by atoms with Crippen LogP contribution in [0.25, 0.3) is 0 Å². The van der Waals surface area contributed by atoms with Crippen LogP contribution in [0.4, 0.5) is 0 Å². The summed E-state index contributed by atoms with van der Waals surface area (Å²) in [5, 5.41) is 0.428. The number of ether oxygens (including phenoxy) is 1. The number of thioether (sulfide) groups is 1. The minimum absolute atomic E-state index is 0.0686. The highest BCUT2D eigenvalue weighted by Crippen LogP contribution is 2.39. The Morgan fingerprint density at radius 2 is 1.95 bits per heavy atom. The standard InChI is InChI=1S/C17H19NOS/c1-19-13-9-7-12-8-10-16(17(18)15(12)11-13)20-14-5-3-2-4-6-14/h2-7,9,11,16-17H,8,10,18H2,1H3. The molecule has 2 atom stereocenters. The van der Waals surface area contributed by atoms with Gasteiger partial charge in [0.15, 0.2) is 0 Å². The van der Waals surface area contributed by atoms with Crippen molar-refractivity contribution in [1.82, 2.24) is 0 Å². The number of aryl methyl sites for hydroxylation is 1. The van der Waals surface area contributed by atoms with Gasteiger partial charge < -0.3 is 10.5 Å². The Balaban J connectivity index is 1.83. The third kappa shape index (κ3) is 2.69. The van der Waals surface area contributed by atoms with Crippen molar-refractivity contribution in [1.29, 1.82) is 0 Å². The molecule has 0 bridgehead atoms. The van der Waals surface area contributed by atoms with Crippen molar-refractivity contribution in [3.63, 3.8) is 0 Å². The zero-order valence-electron chi connectivity index (χ0n) is 11.6. The predicted molar refractivity (Wildman–Crippen MR) is 84.3 cm³/mol. The van der Waals surface area contributed by atoms with Crippen LogP contribution in [0.2, 0.25) is 0 Å². The molecule has 2 unspecified atom stereocenters. The molecule has 0 spiro atoms. The van der Waals surface area contributed by atoms with Gasteiger partial charge in [0, 0.05) is 16.2 Å². The summed E-state index contributed by atoms with van der Waals surface area (Å²) in [5.41, 5.74) is 9.09. The molecule has 1 aliphatic carbocycles. The lowest BCUT2D eigenvalue weighted by molar-refractivity contribution is 0.412. The van der Waals surface area contributed by atoms with E-state index in [-0.39, 0.29) is 6.04 Å². The minimum atomic E-state index is 0.0686. The van der Waals surface area contributed by atoms with Crippen LogP contribution in [0, 0.1) is 0 Å². The van der Waals surface area contributed by atoms with Gasteiger partial charge in [0.05, 0.1) is 7.11 Å². The number of rotatable bonds is 3. The highest BCUT2D eigenvalue weighted by molar-refractivity contribution is 8.00. The molecular weight excluding hydrogens is 266 g/mol. The van der Waals surface area contributed by atoms with Crippen LogP contribution in [-0.4, -0.2) is 12.4 Å². The van der Waals surface area contributed by atoms with Gasteiger partial charge in [-0.25, -0.2) is 0 Å². The molecule has 0 fully saturated rings. The highest BCUT2D eigenvalue weighted by atomic mass is 32.2. The van der Waals surface area contributed by atoms with Crippen LogP contribution in [-0.2, 0) is 6.42 Å². The molecule has 0 radical (unpaired) electrons. The Morgan fingerprint density at radius 3 is 2.70 bits per heavy atom. The van der Waals surface area contributed by atoms with E-state index in [2.05, 4.69) is 36.4 Å². The lowest BCUT2D eigenvalue weighted by atomic mass is 9.87. The van der Waals surface area contributed by atoms with Gasteiger partial charge in [-0.15, -0.1) is 11.8 Å². The first-order chi connectivity index (χ1) is 9.78. The third-order valence-corrected chi connectivity index (χ3v) is 5.22.